The van der Waals surface area contributed by atoms with Crippen LogP contribution in [0.1, 0.15) is 0 Å². The van der Waals surface area contributed by atoms with Crippen LogP contribution in [0.3, 0.4) is 0 Å². The number of nitrogens with zero attached hydrogens (tertiary/aromatic N) is 3. The molecule has 0 bridgehead atoms. The van der Waals surface area contributed by atoms with Gasteiger partial charge in [0.1, 0.15) is 0 Å². The molecular weight excluding hydrogens is 775 g/mol. The lowest BCUT2D eigenvalue weighted by atomic mass is 9.85. The number of hydrogen-bond donors (Lipinski definition) is 0. The standard InChI is InChI=1S/C61H37N3/c1-3-14-38(15-4-1)43-21-9-23-46(34-43)60-62-59(42-16-5-2-6-17-42)63-61(64-60)47-24-10-22-44(35-47)49-25-7-8-26-50(49)48-36-45-33-32-41-19-12-28-52-51-27-11-18-39-30-31-40-20-13-29-53(57(40)55(39)51)54(37-48)58(45)56(41)52/h1-37H. The number of aromatic nitrogens is 3. The second-order valence-corrected chi connectivity index (χ2v) is 16.7. The lowest BCUT2D eigenvalue weighted by Gasteiger charge is -2.18. The summed E-state index contributed by atoms with van der Waals surface area (Å²) in [5.74, 6) is 1.90. The van der Waals surface area contributed by atoms with Crippen molar-refractivity contribution in [2.75, 3.05) is 0 Å². The molecular formula is C61H37N3. The minimum atomic E-state index is 0.626. The molecule has 0 aliphatic heterocycles. The van der Waals surface area contributed by atoms with E-state index in [1.807, 2.05) is 24.3 Å². The van der Waals surface area contributed by atoms with E-state index >= 15 is 0 Å². The highest BCUT2D eigenvalue weighted by Crippen LogP contribution is 2.45. The van der Waals surface area contributed by atoms with E-state index in [0.29, 0.717) is 17.5 Å². The van der Waals surface area contributed by atoms with Gasteiger partial charge in [0.05, 0.1) is 0 Å². The molecule has 0 unspecified atom stereocenters. The molecule has 0 aliphatic rings. The fourth-order valence-electron chi connectivity index (χ4n) is 10.1. The minimum absolute atomic E-state index is 0.626. The van der Waals surface area contributed by atoms with Crippen LogP contribution >= 0.6 is 0 Å². The zero-order valence-electron chi connectivity index (χ0n) is 34.7. The molecule has 0 saturated carbocycles. The van der Waals surface area contributed by atoms with Gasteiger partial charge in [0, 0.05) is 16.7 Å². The smallest absolute Gasteiger partial charge is 0.164 e. The van der Waals surface area contributed by atoms with Crippen LogP contribution in [0, 0.1) is 0 Å². The van der Waals surface area contributed by atoms with Crippen LogP contribution < -0.4 is 0 Å². The Kier molecular flexibility index (Phi) is 8.22. The zero-order chi connectivity index (χ0) is 42.1. The summed E-state index contributed by atoms with van der Waals surface area (Å²) in [6.45, 7) is 0. The van der Waals surface area contributed by atoms with Crippen molar-refractivity contribution in [2.45, 2.75) is 0 Å². The largest absolute Gasteiger partial charge is 0.208 e. The first kappa shape index (κ1) is 36.2. The highest BCUT2D eigenvalue weighted by molar-refractivity contribution is 6.37. The fourth-order valence-corrected chi connectivity index (χ4v) is 10.1. The summed E-state index contributed by atoms with van der Waals surface area (Å²) in [6, 6.07) is 80.8. The van der Waals surface area contributed by atoms with Crippen LogP contribution in [0.2, 0.25) is 0 Å². The first-order valence-electron chi connectivity index (χ1n) is 21.8. The number of rotatable bonds is 6. The van der Waals surface area contributed by atoms with E-state index in [2.05, 4.69) is 200 Å². The lowest BCUT2D eigenvalue weighted by molar-refractivity contribution is 1.07. The molecule has 3 heteroatoms. The maximum Gasteiger partial charge on any atom is 0.164 e. The number of benzene rings is 11. The summed E-state index contributed by atoms with van der Waals surface area (Å²) in [5.41, 5.74) is 9.62. The second kappa shape index (κ2) is 14.5. The Morgan fingerprint density at radius 2 is 0.594 bits per heavy atom. The molecule has 0 spiro atoms. The predicted molar refractivity (Wildman–Crippen MR) is 269 cm³/mol. The van der Waals surface area contributed by atoms with Crippen LogP contribution in [0.25, 0.3) is 132 Å². The molecule has 13 rings (SSSR count). The topological polar surface area (TPSA) is 38.7 Å². The SMILES string of the molecule is c1ccc(-c2cccc(-c3nc(-c4ccccc4)nc(-c4cccc(-c5ccccc5-c5cc6ccc7cccc8c9cccc%10ccc%11cccc(c(c5)c6c78)c%11c%109)c4)n3)c2)cc1. The molecule has 0 amide bonds. The average molecular weight is 812 g/mol. The molecule has 0 N–H and O–H groups in total. The normalized spacial score (nSPS) is 11.8. The molecule has 1 aromatic heterocycles. The van der Waals surface area contributed by atoms with Crippen molar-refractivity contribution >= 4 is 64.6 Å². The molecule has 1 heterocycles. The summed E-state index contributed by atoms with van der Waals surface area (Å²) < 4.78 is 0. The molecule has 0 atom stereocenters. The van der Waals surface area contributed by atoms with Crippen molar-refractivity contribution in [3.05, 3.63) is 224 Å². The van der Waals surface area contributed by atoms with Crippen molar-refractivity contribution in [1.29, 1.82) is 0 Å². The van der Waals surface area contributed by atoms with E-state index in [1.165, 1.54) is 70.2 Å². The number of hydrogen-bond acceptors (Lipinski definition) is 3. The summed E-state index contributed by atoms with van der Waals surface area (Å²) in [7, 11) is 0. The van der Waals surface area contributed by atoms with Crippen LogP contribution in [-0.4, -0.2) is 15.0 Å². The first-order valence-corrected chi connectivity index (χ1v) is 21.8. The van der Waals surface area contributed by atoms with E-state index in [4.69, 9.17) is 15.0 Å². The molecule has 296 valence electrons. The molecule has 0 radical (unpaired) electrons. The van der Waals surface area contributed by atoms with Crippen LogP contribution in [0.5, 0.6) is 0 Å². The molecule has 0 saturated heterocycles. The molecule has 0 aliphatic carbocycles. The molecule has 13 aromatic rings. The number of fused-ring (bicyclic) bond motifs is 2. The summed E-state index contributed by atoms with van der Waals surface area (Å²) in [6.07, 6.45) is 0. The highest BCUT2D eigenvalue weighted by atomic mass is 15.0. The highest BCUT2D eigenvalue weighted by Gasteiger charge is 2.19. The molecule has 3 nitrogen and oxygen atoms in total. The van der Waals surface area contributed by atoms with E-state index in [-0.39, 0.29) is 0 Å². The average Bonchev–Trinajstić information content (AvgIpc) is 3.37. The summed E-state index contributed by atoms with van der Waals surface area (Å²) >= 11 is 0. The zero-order valence-corrected chi connectivity index (χ0v) is 34.7. The van der Waals surface area contributed by atoms with E-state index in [9.17, 15) is 0 Å². The van der Waals surface area contributed by atoms with Crippen molar-refractivity contribution < 1.29 is 0 Å². The van der Waals surface area contributed by atoms with E-state index in [1.54, 1.807) is 0 Å². The van der Waals surface area contributed by atoms with Gasteiger partial charge in [-0.05, 0) is 122 Å². The lowest BCUT2D eigenvalue weighted by Crippen LogP contribution is -2.00. The Balaban J connectivity index is 1.01. The van der Waals surface area contributed by atoms with E-state index < -0.39 is 0 Å². The third kappa shape index (κ3) is 5.86. The van der Waals surface area contributed by atoms with Gasteiger partial charge in [0.25, 0.3) is 0 Å². The van der Waals surface area contributed by atoms with Crippen LogP contribution in [-0.2, 0) is 0 Å². The Morgan fingerprint density at radius 1 is 0.203 bits per heavy atom. The van der Waals surface area contributed by atoms with Gasteiger partial charge < -0.3 is 0 Å². The Bertz CT molecular complexity index is 3940. The van der Waals surface area contributed by atoms with Gasteiger partial charge in [0.2, 0.25) is 0 Å². The summed E-state index contributed by atoms with van der Waals surface area (Å²) in [4.78, 5) is 15.4. The second-order valence-electron chi connectivity index (χ2n) is 16.7. The third-order valence-electron chi connectivity index (χ3n) is 13.0. The monoisotopic (exact) mass is 811 g/mol. The molecule has 64 heavy (non-hydrogen) atoms. The van der Waals surface area contributed by atoms with Gasteiger partial charge in [-0.25, -0.2) is 15.0 Å². The van der Waals surface area contributed by atoms with Gasteiger partial charge in [-0.3, -0.25) is 0 Å². The summed E-state index contributed by atoms with van der Waals surface area (Å²) in [5, 5.41) is 15.3. The van der Waals surface area contributed by atoms with Crippen molar-refractivity contribution in [1.82, 2.24) is 15.0 Å². The van der Waals surface area contributed by atoms with Crippen LogP contribution in [0.4, 0.5) is 0 Å². The Labute approximate surface area is 370 Å². The first-order chi connectivity index (χ1) is 31.7. The van der Waals surface area contributed by atoms with Gasteiger partial charge >= 0.3 is 0 Å². The molecule has 0 fully saturated rings. The van der Waals surface area contributed by atoms with Crippen molar-refractivity contribution in [2.24, 2.45) is 0 Å². The predicted octanol–water partition coefficient (Wildman–Crippen LogP) is 16.2. The van der Waals surface area contributed by atoms with Gasteiger partial charge in [-0.1, -0.05) is 200 Å². The maximum atomic E-state index is 5.18. The Hall–Kier alpha value is -8.53. The van der Waals surface area contributed by atoms with Gasteiger partial charge in [0.15, 0.2) is 17.5 Å². The fraction of sp³-hybridized carbons (Fsp3) is 0. The molecule has 12 aromatic carbocycles. The van der Waals surface area contributed by atoms with Gasteiger partial charge in [-0.15, -0.1) is 0 Å². The van der Waals surface area contributed by atoms with Crippen LogP contribution in [0.15, 0.2) is 224 Å². The maximum absolute atomic E-state index is 5.18. The van der Waals surface area contributed by atoms with Crippen molar-refractivity contribution in [3.63, 3.8) is 0 Å². The minimum Gasteiger partial charge on any atom is -0.208 e. The van der Waals surface area contributed by atoms with Gasteiger partial charge in [-0.2, -0.15) is 0 Å². The van der Waals surface area contributed by atoms with Crippen molar-refractivity contribution in [3.8, 4) is 67.5 Å². The Morgan fingerprint density at radius 3 is 1.17 bits per heavy atom. The van der Waals surface area contributed by atoms with E-state index in [0.717, 1.165) is 44.5 Å². The third-order valence-corrected chi connectivity index (χ3v) is 13.0. The quantitative estimate of drug-likeness (QED) is 0.157.